The average Bonchev–Trinajstić information content (AvgIpc) is 3.33. The van der Waals surface area contributed by atoms with Crippen molar-refractivity contribution in [3.05, 3.63) is 24.1 Å². The molecular weight excluding hydrogens is 456 g/mol. The number of amides is 2. The van der Waals surface area contributed by atoms with Gasteiger partial charge >= 0.3 is 6.03 Å². The Kier molecular flexibility index (Phi) is 6.21. The van der Waals surface area contributed by atoms with Crippen molar-refractivity contribution < 1.29 is 18.1 Å². The molecule has 2 aromatic heterocycles. The summed E-state index contributed by atoms with van der Waals surface area (Å²) in [7, 11) is 0. The largest absolute Gasteiger partial charge is 0.377 e. The number of rotatable bonds is 6. The zero-order valence-corrected chi connectivity index (χ0v) is 20.6. The van der Waals surface area contributed by atoms with E-state index in [1.807, 2.05) is 20.0 Å². The van der Waals surface area contributed by atoms with E-state index in [1.165, 1.54) is 0 Å². The lowest BCUT2D eigenvalue weighted by molar-refractivity contribution is -0.0650. The molecule has 0 spiro atoms. The van der Waals surface area contributed by atoms with Crippen LogP contribution in [-0.4, -0.2) is 61.9 Å². The first-order valence-electron chi connectivity index (χ1n) is 12.7. The number of carbonyl (C=O) groups excluding carboxylic acids is 1. The van der Waals surface area contributed by atoms with Crippen LogP contribution in [0.25, 0.3) is 0 Å². The number of hydrogen-bond acceptors (Lipinski definition) is 6. The van der Waals surface area contributed by atoms with E-state index >= 15 is 0 Å². The van der Waals surface area contributed by atoms with Crippen LogP contribution in [0.4, 0.5) is 19.3 Å². The van der Waals surface area contributed by atoms with Gasteiger partial charge in [-0.3, -0.25) is 4.68 Å². The van der Waals surface area contributed by atoms with Crippen molar-refractivity contribution in [2.45, 2.75) is 101 Å². The van der Waals surface area contributed by atoms with E-state index in [4.69, 9.17) is 4.52 Å². The molecule has 11 heteroatoms. The Bertz CT molecular complexity index is 1040. The molecule has 1 saturated heterocycles. The molecule has 0 aromatic carbocycles. The van der Waals surface area contributed by atoms with Crippen LogP contribution in [0.15, 0.2) is 16.9 Å². The number of carbonyl (C=O) groups is 1. The minimum atomic E-state index is -2.99. The number of piperidine rings is 1. The number of likely N-dealkylation sites (tertiary alicyclic amines) is 1. The third-order valence-corrected chi connectivity index (χ3v) is 7.71. The van der Waals surface area contributed by atoms with Gasteiger partial charge in [0.25, 0.3) is 5.92 Å². The summed E-state index contributed by atoms with van der Waals surface area (Å²) in [6.45, 7) is 6.99. The molecule has 0 bridgehead atoms. The number of halogens is 2. The van der Waals surface area contributed by atoms with E-state index in [0.29, 0.717) is 62.1 Å². The van der Waals surface area contributed by atoms with Gasteiger partial charge in [0.1, 0.15) is 6.04 Å². The van der Waals surface area contributed by atoms with E-state index in [9.17, 15) is 13.6 Å². The first-order valence-corrected chi connectivity index (χ1v) is 12.7. The minimum Gasteiger partial charge on any atom is -0.377 e. The molecule has 35 heavy (non-hydrogen) atoms. The molecule has 2 saturated carbocycles. The number of urea groups is 1. The molecule has 192 valence electrons. The molecule has 3 heterocycles. The Hall–Kier alpha value is -2.72. The van der Waals surface area contributed by atoms with E-state index in [0.717, 1.165) is 12.8 Å². The van der Waals surface area contributed by atoms with Gasteiger partial charge in [0.05, 0.1) is 17.9 Å². The predicted octanol–water partition coefficient (Wildman–Crippen LogP) is 4.46. The van der Waals surface area contributed by atoms with Crippen LogP contribution in [0.1, 0.15) is 89.4 Å². The van der Waals surface area contributed by atoms with Gasteiger partial charge in [-0.1, -0.05) is 12.1 Å². The van der Waals surface area contributed by atoms with Crippen LogP contribution in [0.5, 0.6) is 0 Å². The van der Waals surface area contributed by atoms with E-state index in [1.54, 1.807) is 15.8 Å². The third-order valence-electron chi connectivity index (χ3n) is 7.71. The smallest absolute Gasteiger partial charge is 0.317 e. The topological polar surface area (TPSA) is 101 Å². The van der Waals surface area contributed by atoms with Gasteiger partial charge in [0, 0.05) is 43.1 Å². The summed E-state index contributed by atoms with van der Waals surface area (Å²) in [5.41, 5.74) is 0.392. The summed E-state index contributed by atoms with van der Waals surface area (Å²) < 4.78 is 37.2. The maximum atomic E-state index is 15.0. The summed E-state index contributed by atoms with van der Waals surface area (Å²) in [6.07, 6.45) is 7.65. The van der Waals surface area contributed by atoms with Crippen LogP contribution in [0.2, 0.25) is 0 Å². The van der Waals surface area contributed by atoms with E-state index < -0.39 is 24.0 Å². The lowest BCUT2D eigenvalue weighted by atomic mass is 9.79. The van der Waals surface area contributed by atoms with Gasteiger partial charge in [-0.05, 0) is 52.4 Å². The van der Waals surface area contributed by atoms with Crippen LogP contribution in [0, 0.1) is 0 Å². The quantitative estimate of drug-likeness (QED) is 0.619. The Morgan fingerprint density at radius 3 is 2.60 bits per heavy atom. The van der Waals surface area contributed by atoms with Crippen molar-refractivity contribution in [1.82, 2.24) is 30.1 Å². The molecule has 0 unspecified atom stereocenters. The maximum absolute atomic E-state index is 15.0. The van der Waals surface area contributed by atoms with Crippen molar-refractivity contribution in [1.29, 1.82) is 0 Å². The van der Waals surface area contributed by atoms with Crippen molar-refractivity contribution in [2.24, 2.45) is 0 Å². The summed E-state index contributed by atoms with van der Waals surface area (Å²) in [5, 5.41) is 14.4. The Labute approximate surface area is 204 Å². The molecular formula is C24H35F2N7O2. The highest BCUT2D eigenvalue weighted by Gasteiger charge is 2.49. The monoisotopic (exact) mass is 491 g/mol. The number of nitrogens with one attached hydrogen (secondary N) is 2. The lowest BCUT2D eigenvalue weighted by Crippen LogP contribution is -2.61. The highest BCUT2D eigenvalue weighted by atomic mass is 19.3. The number of aromatic nitrogens is 4. The number of hydrogen-bond donors (Lipinski definition) is 2. The molecule has 2 aliphatic carbocycles. The summed E-state index contributed by atoms with van der Waals surface area (Å²) in [4.78, 5) is 19.3. The molecule has 2 aromatic rings. The summed E-state index contributed by atoms with van der Waals surface area (Å²) in [6, 6.07) is -2.15. The number of nitrogens with zero attached hydrogens (tertiary/aromatic N) is 5. The van der Waals surface area contributed by atoms with Crippen LogP contribution in [0.3, 0.4) is 0 Å². The molecule has 3 aliphatic rings. The Morgan fingerprint density at radius 1 is 1.20 bits per heavy atom. The highest BCUT2D eigenvalue weighted by Crippen LogP contribution is 2.41. The van der Waals surface area contributed by atoms with Crippen LogP contribution >= 0.6 is 0 Å². The molecule has 1 aliphatic heterocycles. The zero-order chi connectivity index (χ0) is 24.8. The maximum Gasteiger partial charge on any atom is 0.317 e. The van der Waals surface area contributed by atoms with Crippen molar-refractivity contribution in [2.75, 3.05) is 18.4 Å². The molecule has 5 rings (SSSR count). The van der Waals surface area contributed by atoms with E-state index in [-0.39, 0.29) is 17.9 Å². The highest BCUT2D eigenvalue weighted by molar-refractivity contribution is 5.75. The van der Waals surface area contributed by atoms with Crippen molar-refractivity contribution >= 4 is 11.7 Å². The molecule has 0 radical (unpaired) electrons. The summed E-state index contributed by atoms with van der Waals surface area (Å²) in [5.74, 6) is -1.21. The average molecular weight is 492 g/mol. The van der Waals surface area contributed by atoms with Crippen molar-refractivity contribution in [3.8, 4) is 0 Å². The first kappa shape index (κ1) is 24.0. The molecule has 2 amide bonds. The second-order valence-corrected chi connectivity index (χ2v) is 10.9. The minimum absolute atomic E-state index is 0.173. The zero-order valence-electron chi connectivity index (χ0n) is 20.6. The normalized spacial score (nSPS) is 26.1. The molecule has 2 atom stereocenters. The summed E-state index contributed by atoms with van der Waals surface area (Å²) >= 11 is 0. The third kappa shape index (κ3) is 4.99. The second kappa shape index (κ2) is 9.05. The second-order valence-electron chi connectivity index (χ2n) is 10.9. The van der Waals surface area contributed by atoms with Gasteiger partial charge in [0.15, 0.2) is 5.82 Å². The predicted molar refractivity (Wildman–Crippen MR) is 126 cm³/mol. The molecule has 9 nitrogen and oxygen atoms in total. The standard InChI is InChI=1S/C24H35F2N7O2/c1-15(2)33-14-17(13-27-33)28-18-5-4-8-24(25,26)19(18)29-22(34)32-11-9-23(3,10-12-32)21-30-20(35-31-21)16-6-7-16/h13-16,18-19,28H,4-12H2,1-3H3,(H,29,34)/t18-,19+/m0/s1. The number of alkyl halides is 2. The van der Waals surface area contributed by atoms with Gasteiger partial charge in [-0.15, -0.1) is 0 Å². The van der Waals surface area contributed by atoms with Crippen LogP contribution in [-0.2, 0) is 5.41 Å². The van der Waals surface area contributed by atoms with Crippen LogP contribution < -0.4 is 10.6 Å². The van der Waals surface area contributed by atoms with E-state index in [2.05, 4.69) is 32.8 Å². The van der Waals surface area contributed by atoms with Gasteiger partial charge < -0.3 is 20.1 Å². The van der Waals surface area contributed by atoms with Gasteiger partial charge in [0.2, 0.25) is 5.89 Å². The Balaban J connectivity index is 1.22. The van der Waals surface area contributed by atoms with Gasteiger partial charge in [-0.25, -0.2) is 13.6 Å². The van der Waals surface area contributed by atoms with Gasteiger partial charge in [-0.2, -0.15) is 10.1 Å². The fraction of sp³-hybridized carbons (Fsp3) is 0.750. The SMILES string of the molecule is CC(C)n1cc(N[C@H]2CCCC(F)(F)[C@@H]2NC(=O)N2CCC(C)(c3noc(C4CC4)n3)CC2)cn1. The first-order chi connectivity index (χ1) is 16.6. The lowest BCUT2D eigenvalue weighted by Gasteiger charge is -2.41. The fourth-order valence-electron chi connectivity index (χ4n) is 5.07. The Morgan fingerprint density at radius 2 is 1.94 bits per heavy atom. The number of anilines is 1. The van der Waals surface area contributed by atoms with Crippen molar-refractivity contribution in [3.63, 3.8) is 0 Å². The molecule has 3 fully saturated rings. The molecule has 2 N–H and O–H groups in total. The fourth-order valence-corrected chi connectivity index (χ4v) is 5.07.